The van der Waals surface area contributed by atoms with Crippen LogP contribution in [0.15, 0.2) is 59.5 Å². The highest BCUT2D eigenvalue weighted by atomic mass is 35.5. The topological polar surface area (TPSA) is 86.1 Å². The Labute approximate surface area is 168 Å². The minimum atomic E-state index is -0.626. The van der Waals surface area contributed by atoms with Crippen LogP contribution >= 0.6 is 22.9 Å². The molecule has 0 aliphatic rings. The number of carbonyl (C=O) groups excluding carboxylic acids is 1. The molecule has 0 bridgehead atoms. The number of ether oxygens (including phenoxy) is 1. The Hall–Kier alpha value is -3.23. The van der Waals surface area contributed by atoms with Gasteiger partial charge in [-0.15, -0.1) is 0 Å². The van der Waals surface area contributed by atoms with Gasteiger partial charge >= 0.3 is 0 Å². The largest absolute Gasteiger partial charge is 0.497 e. The second kappa shape index (κ2) is 7.41. The molecule has 0 radical (unpaired) electrons. The predicted molar refractivity (Wildman–Crippen MR) is 109 cm³/mol. The lowest BCUT2D eigenvalue weighted by Crippen LogP contribution is -2.25. The monoisotopic (exact) mass is 412 g/mol. The van der Waals surface area contributed by atoms with Crippen LogP contribution in [-0.4, -0.2) is 27.8 Å². The van der Waals surface area contributed by atoms with Crippen molar-refractivity contribution in [2.75, 3.05) is 12.4 Å². The van der Waals surface area contributed by atoms with E-state index in [9.17, 15) is 9.59 Å². The minimum Gasteiger partial charge on any atom is -0.497 e. The number of carbonyl (C=O) groups is 1. The zero-order chi connectivity index (χ0) is 19.7. The number of nitrogens with one attached hydrogen (secondary N) is 1. The van der Waals surface area contributed by atoms with E-state index in [4.69, 9.17) is 16.3 Å². The van der Waals surface area contributed by atoms with Crippen molar-refractivity contribution in [3.63, 3.8) is 0 Å². The summed E-state index contributed by atoms with van der Waals surface area (Å²) in [7, 11) is 1.58. The van der Waals surface area contributed by atoms with E-state index in [-0.39, 0.29) is 5.69 Å². The van der Waals surface area contributed by atoms with Crippen molar-refractivity contribution < 1.29 is 9.53 Å². The smallest absolute Gasteiger partial charge is 0.281 e. The van der Waals surface area contributed by atoms with E-state index in [0.29, 0.717) is 21.6 Å². The van der Waals surface area contributed by atoms with Crippen molar-refractivity contribution in [3.8, 4) is 11.4 Å². The van der Waals surface area contributed by atoms with Gasteiger partial charge in [-0.3, -0.25) is 14.9 Å². The Morgan fingerprint density at radius 2 is 1.96 bits per heavy atom. The number of fused-ring (bicyclic) bond motifs is 1. The molecule has 0 saturated carbocycles. The number of rotatable bonds is 4. The molecule has 2 aromatic heterocycles. The molecule has 0 aliphatic carbocycles. The lowest BCUT2D eigenvalue weighted by Gasteiger charge is -2.07. The molecule has 140 valence electrons. The van der Waals surface area contributed by atoms with E-state index >= 15 is 0 Å². The van der Waals surface area contributed by atoms with Crippen LogP contribution in [0.3, 0.4) is 0 Å². The van der Waals surface area contributed by atoms with E-state index in [0.717, 1.165) is 10.2 Å². The molecule has 0 fully saturated rings. The van der Waals surface area contributed by atoms with Crippen LogP contribution in [0.2, 0.25) is 5.02 Å². The fourth-order valence-electron chi connectivity index (χ4n) is 2.54. The van der Waals surface area contributed by atoms with Crippen LogP contribution in [0.4, 0.5) is 5.13 Å². The number of hydrogen-bond donors (Lipinski definition) is 1. The Morgan fingerprint density at radius 3 is 2.71 bits per heavy atom. The number of amides is 1. The first-order valence-corrected chi connectivity index (χ1v) is 9.35. The van der Waals surface area contributed by atoms with Crippen LogP contribution in [0, 0.1) is 0 Å². The summed E-state index contributed by atoms with van der Waals surface area (Å²) in [5.41, 5.74) is 0.686. The summed E-state index contributed by atoms with van der Waals surface area (Å²) in [6.07, 6.45) is 1.49. The summed E-state index contributed by atoms with van der Waals surface area (Å²) < 4.78 is 7.49. The fourth-order valence-corrected chi connectivity index (χ4v) is 3.56. The van der Waals surface area contributed by atoms with Crippen molar-refractivity contribution in [3.05, 3.63) is 75.7 Å². The van der Waals surface area contributed by atoms with Gasteiger partial charge in [0.05, 0.1) is 23.0 Å². The van der Waals surface area contributed by atoms with E-state index in [1.165, 1.54) is 28.3 Å². The number of benzene rings is 2. The summed E-state index contributed by atoms with van der Waals surface area (Å²) in [6, 6.07) is 13.6. The summed E-state index contributed by atoms with van der Waals surface area (Å²) in [5.74, 6) is 0.0731. The van der Waals surface area contributed by atoms with Gasteiger partial charge in [-0.1, -0.05) is 22.9 Å². The molecule has 0 unspecified atom stereocenters. The second-order valence-electron chi connectivity index (χ2n) is 5.76. The number of methoxy groups -OCH3 is 1. The summed E-state index contributed by atoms with van der Waals surface area (Å²) in [4.78, 5) is 29.1. The standard InChI is InChI=1S/C19H13ClN4O3S/c1-27-13-6-7-14-16(10-13)28-19(21-14)22-18(26)17-15(25)8-9-24(23-17)12-4-2-11(20)3-5-12/h2-10H,1H3,(H,21,22,26). The second-order valence-corrected chi connectivity index (χ2v) is 7.22. The minimum absolute atomic E-state index is 0.228. The van der Waals surface area contributed by atoms with Crippen molar-refractivity contribution in [1.82, 2.24) is 14.8 Å². The van der Waals surface area contributed by atoms with Crippen molar-refractivity contribution in [2.45, 2.75) is 0 Å². The molecule has 0 aliphatic heterocycles. The Kier molecular flexibility index (Phi) is 4.81. The van der Waals surface area contributed by atoms with Crippen LogP contribution in [0.5, 0.6) is 5.75 Å². The SMILES string of the molecule is COc1ccc2nc(NC(=O)c3nn(-c4ccc(Cl)cc4)ccc3=O)sc2c1. The number of aromatic nitrogens is 3. The average molecular weight is 413 g/mol. The van der Waals surface area contributed by atoms with Gasteiger partial charge in [0.1, 0.15) is 5.75 Å². The predicted octanol–water partition coefficient (Wildman–Crippen LogP) is 3.76. The quantitative estimate of drug-likeness (QED) is 0.551. The Balaban J connectivity index is 1.63. The number of nitrogens with zero attached hydrogens (tertiary/aromatic N) is 3. The molecule has 0 atom stereocenters. The molecule has 7 nitrogen and oxygen atoms in total. The maximum atomic E-state index is 12.6. The fraction of sp³-hybridized carbons (Fsp3) is 0.0526. The molecular formula is C19H13ClN4O3S. The van der Waals surface area contributed by atoms with Crippen LogP contribution in [0.1, 0.15) is 10.5 Å². The molecule has 1 N–H and O–H groups in total. The van der Waals surface area contributed by atoms with Gasteiger partial charge in [0, 0.05) is 17.3 Å². The van der Waals surface area contributed by atoms with Crippen molar-refractivity contribution in [2.24, 2.45) is 0 Å². The summed E-state index contributed by atoms with van der Waals surface area (Å²) >= 11 is 7.17. The highest BCUT2D eigenvalue weighted by molar-refractivity contribution is 7.22. The van der Waals surface area contributed by atoms with E-state index in [1.807, 2.05) is 6.07 Å². The van der Waals surface area contributed by atoms with Gasteiger partial charge in [-0.2, -0.15) is 5.10 Å². The Morgan fingerprint density at radius 1 is 1.18 bits per heavy atom. The third kappa shape index (κ3) is 3.60. The highest BCUT2D eigenvalue weighted by Gasteiger charge is 2.16. The molecule has 4 aromatic rings. The number of anilines is 1. The van der Waals surface area contributed by atoms with Crippen LogP contribution in [0.25, 0.3) is 15.9 Å². The van der Waals surface area contributed by atoms with Crippen LogP contribution < -0.4 is 15.5 Å². The van der Waals surface area contributed by atoms with E-state index in [1.54, 1.807) is 43.5 Å². The number of hydrogen-bond acceptors (Lipinski definition) is 6. The van der Waals surface area contributed by atoms with Crippen molar-refractivity contribution >= 4 is 44.2 Å². The molecule has 2 aromatic carbocycles. The zero-order valence-electron chi connectivity index (χ0n) is 14.5. The van der Waals surface area contributed by atoms with Gasteiger partial charge in [-0.25, -0.2) is 9.67 Å². The summed E-state index contributed by atoms with van der Waals surface area (Å²) in [5, 5.41) is 7.75. The molecule has 0 spiro atoms. The molecule has 28 heavy (non-hydrogen) atoms. The normalized spacial score (nSPS) is 10.8. The van der Waals surface area contributed by atoms with E-state index < -0.39 is 11.3 Å². The first kappa shape index (κ1) is 18.1. The zero-order valence-corrected chi connectivity index (χ0v) is 16.1. The summed E-state index contributed by atoms with van der Waals surface area (Å²) in [6.45, 7) is 0. The van der Waals surface area contributed by atoms with Crippen LogP contribution in [-0.2, 0) is 0 Å². The molecule has 2 heterocycles. The Bertz CT molecular complexity index is 1230. The maximum Gasteiger partial charge on any atom is 0.281 e. The van der Waals surface area contributed by atoms with Gasteiger partial charge < -0.3 is 4.74 Å². The lowest BCUT2D eigenvalue weighted by atomic mass is 10.3. The van der Waals surface area contributed by atoms with Gasteiger partial charge in [-0.05, 0) is 42.5 Å². The third-order valence-corrected chi connectivity index (χ3v) is 5.12. The molecule has 4 rings (SSSR count). The molecular weight excluding hydrogens is 400 g/mol. The lowest BCUT2D eigenvalue weighted by molar-refractivity contribution is 0.101. The number of thiazole rings is 1. The molecule has 0 saturated heterocycles. The number of halogens is 1. The maximum absolute atomic E-state index is 12.6. The first-order valence-electron chi connectivity index (χ1n) is 8.15. The van der Waals surface area contributed by atoms with E-state index in [2.05, 4.69) is 15.4 Å². The third-order valence-electron chi connectivity index (χ3n) is 3.93. The van der Waals surface area contributed by atoms with Gasteiger partial charge in [0.2, 0.25) is 5.43 Å². The first-order chi connectivity index (χ1) is 13.5. The average Bonchev–Trinajstić information content (AvgIpc) is 3.10. The highest BCUT2D eigenvalue weighted by Crippen LogP contribution is 2.29. The molecule has 9 heteroatoms. The van der Waals surface area contributed by atoms with Gasteiger partial charge in [0.25, 0.3) is 5.91 Å². The molecule has 1 amide bonds. The van der Waals surface area contributed by atoms with Gasteiger partial charge in [0.15, 0.2) is 10.8 Å². The van der Waals surface area contributed by atoms with Crippen molar-refractivity contribution in [1.29, 1.82) is 0 Å².